The van der Waals surface area contributed by atoms with Crippen molar-refractivity contribution in [1.82, 2.24) is 15.2 Å². The molecule has 1 aliphatic rings. The first-order valence-electron chi connectivity index (χ1n) is 12.6. The first kappa shape index (κ1) is 26.4. The Morgan fingerprint density at radius 3 is 2.61 bits per heavy atom. The van der Waals surface area contributed by atoms with E-state index in [1.54, 1.807) is 31.5 Å². The summed E-state index contributed by atoms with van der Waals surface area (Å²) in [5.74, 6) is 0.529. The lowest BCUT2D eigenvalue weighted by atomic mass is 9.89. The second-order valence-corrected chi connectivity index (χ2v) is 11.0. The number of hydrogen-bond acceptors (Lipinski definition) is 6. The van der Waals surface area contributed by atoms with Crippen molar-refractivity contribution >= 4 is 44.7 Å². The SMILES string of the molecule is CN[C@H]1CC[C@H](N(Cc2cc(-c3ccc(N)nc3)ccc2OC)C(=O)c2sc3cccc(F)c3c2Cl)CC1. The van der Waals surface area contributed by atoms with Gasteiger partial charge >= 0.3 is 0 Å². The van der Waals surface area contributed by atoms with Crippen LogP contribution in [-0.4, -0.2) is 42.0 Å². The van der Waals surface area contributed by atoms with Gasteiger partial charge in [-0.2, -0.15) is 0 Å². The fourth-order valence-corrected chi connectivity index (χ4v) is 6.73. The molecule has 0 spiro atoms. The van der Waals surface area contributed by atoms with Crippen LogP contribution in [0.1, 0.15) is 40.9 Å². The van der Waals surface area contributed by atoms with Crippen molar-refractivity contribution in [2.24, 2.45) is 0 Å². The number of methoxy groups -OCH3 is 1. The number of nitrogens with zero attached hydrogens (tertiary/aromatic N) is 2. The van der Waals surface area contributed by atoms with E-state index in [-0.39, 0.29) is 17.0 Å². The number of halogens is 2. The van der Waals surface area contributed by atoms with Crippen LogP contribution in [0.2, 0.25) is 5.02 Å². The topological polar surface area (TPSA) is 80.5 Å². The number of hydrogen-bond donors (Lipinski definition) is 2. The van der Waals surface area contributed by atoms with E-state index < -0.39 is 5.82 Å². The Bertz CT molecular complexity index is 1450. The van der Waals surface area contributed by atoms with E-state index in [4.69, 9.17) is 22.1 Å². The maximum atomic E-state index is 14.6. The van der Waals surface area contributed by atoms with Gasteiger partial charge in [-0.05, 0) is 74.7 Å². The van der Waals surface area contributed by atoms with Crippen LogP contribution in [0.15, 0.2) is 54.7 Å². The molecule has 9 heteroatoms. The standard InChI is InChI=1S/C29H30ClFN4O2S/c1-33-20-8-10-21(11-9-20)35(29(36)28-27(30)26-22(31)4-3-5-24(26)38-28)16-19-14-17(6-12-23(19)37-2)18-7-13-25(32)34-15-18/h3-7,12-15,20-21,33H,8-11,16H2,1-2H3,(H2,32,34)/t20-,21-. The van der Waals surface area contributed by atoms with Crippen LogP contribution in [0.4, 0.5) is 10.2 Å². The molecule has 3 N–H and O–H groups in total. The molecule has 0 aliphatic heterocycles. The molecule has 2 aromatic carbocycles. The van der Waals surface area contributed by atoms with Crippen molar-refractivity contribution in [2.45, 2.75) is 44.3 Å². The lowest BCUT2D eigenvalue weighted by molar-refractivity contribution is 0.0604. The number of ether oxygens (including phenoxy) is 1. The number of fused-ring (bicyclic) bond motifs is 1. The summed E-state index contributed by atoms with van der Waals surface area (Å²) in [5, 5.41) is 3.84. The van der Waals surface area contributed by atoms with E-state index in [9.17, 15) is 9.18 Å². The quantitative estimate of drug-likeness (QED) is 0.273. The summed E-state index contributed by atoms with van der Waals surface area (Å²) in [6.07, 6.45) is 5.38. The summed E-state index contributed by atoms with van der Waals surface area (Å²) in [6, 6.07) is 14.8. The molecule has 198 valence electrons. The van der Waals surface area contributed by atoms with Crippen molar-refractivity contribution in [1.29, 1.82) is 0 Å². The van der Waals surface area contributed by atoms with Crippen LogP contribution in [0.3, 0.4) is 0 Å². The van der Waals surface area contributed by atoms with Gasteiger partial charge in [-0.3, -0.25) is 4.79 Å². The highest BCUT2D eigenvalue weighted by Gasteiger charge is 2.32. The molecule has 4 aromatic rings. The number of benzene rings is 2. The normalized spacial score (nSPS) is 17.5. The second-order valence-electron chi connectivity index (χ2n) is 9.58. The summed E-state index contributed by atoms with van der Waals surface area (Å²) in [5.41, 5.74) is 8.50. The number of pyridine rings is 1. The number of carbonyl (C=O) groups excluding carboxylic acids is 1. The first-order valence-corrected chi connectivity index (χ1v) is 13.8. The molecule has 0 atom stereocenters. The largest absolute Gasteiger partial charge is 0.496 e. The van der Waals surface area contributed by atoms with Crippen LogP contribution in [0, 0.1) is 5.82 Å². The van der Waals surface area contributed by atoms with Gasteiger partial charge in [0.1, 0.15) is 22.3 Å². The fraction of sp³-hybridized carbons (Fsp3) is 0.310. The Morgan fingerprint density at radius 1 is 1.18 bits per heavy atom. The highest BCUT2D eigenvalue weighted by molar-refractivity contribution is 7.21. The number of anilines is 1. The number of thiophene rings is 1. The van der Waals surface area contributed by atoms with E-state index in [1.807, 2.05) is 36.2 Å². The maximum absolute atomic E-state index is 14.6. The zero-order valence-corrected chi connectivity index (χ0v) is 22.9. The van der Waals surface area contributed by atoms with Gasteiger partial charge in [0.15, 0.2) is 0 Å². The van der Waals surface area contributed by atoms with Gasteiger partial charge in [0.05, 0.1) is 12.1 Å². The number of nitrogens with two attached hydrogens (primary N) is 1. The van der Waals surface area contributed by atoms with Gasteiger partial charge in [0.2, 0.25) is 0 Å². The number of aromatic nitrogens is 1. The van der Waals surface area contributed by atoms with E-state index in [2.05, 4.69) is 10.3 Å². The minimum atomic E-state index is -0.421. The third-order valence-corrected chi connectivity index (χ3v) is 8.98. The molecular weight excluding hydrogens is 523 g/mol. The van der Waals surface area contributed by atoms with Crippen LogP contribution in [-0.2, 0) is 6.54 Å². The smallest absolute Gasteiger partial charge is 0.266 e. The molecule has 0 bridgehead atoms. The molecule has 0 unspecified atom stereocenters. The minimum absolute atomic E-state index is 0.0183. The molecule has 0 radical (unpaired) electrons. The summed E-state index contributed by atoms with van der Waals surface area (Å²) in [7, 11) is 3.60. The second kappa shape index (κ2) is 11.3. The van der Waals surface area contributed by atoms with Crippen molar-refractivity contribution in [3.05, 3.63) is 76.0 Å². The summed E-state index contributed by atoms with van der Waals surface area (Å²) < 4.78 is 21.0. The van der Waals surface area contributed by atoms with Gasteiger partial charge in [-0.15, -0.1) is 11.3 Å². The lowest BCUT2D eigenvalue weighted by Gasteiger charge is -2.37. The lowest BCUT2D eigenvalue weighted by Crippen LogP contribution is -2.44. The maximum Gasteiger partial charge on any atom is 0.266 e. The number of amides is 1. The third kappa shape index (κ3) is 5.21. The first-order chi connectivity index (χ1) is 18.4. The van der Waals surface area contributed by atoms with E-state index >= 15 is 0 Å². The molecule has 5 rings (SSSR count). The van der Waals surface area contributed by atoms with E-state index in [1.165, 1.54) is 17.4 Å². The number of nitrogens with one attached hydrogen (secondary N) is 1. The molecule has 2 aromatic heterocycles. The Morgan fingerprint density at radius 2 is 1.95 bits per heavy atom. The van der Waals surface area contributed by atoms with Gasteiger partial charge in [0.25, 0.3) is 5.91 Å². The molecule has 6 nitrogen and oxygen atoms in total. The van der Waals surface area contributed by atoms with Crippen LogP contribution < -0.4 is 15.8 Å². The van der Waals surface area contributed by atoms with Gasteiger partial charge in [0, 0.05) is 46.0 Å². The summed E-state index contributed by atoms with van der Waals surface area (Å²) in [6.45, 7) is 0.334. The highest BCUT2D eigenvalue weighted by atomic mass is 35.5. The third-order valence-electron chi connectivity index (χ3n) is 7.35. The highest BCUT2D eigenvalue weighted by Crippen LogP contribution is 2.39. The number of rotatable bonds is 7. The fourth-order valence-electron chi connectivity index (χ4n) is 5.22. The molecule has 2 heterocycles. The van der Waals surface area contributed by atoms with Crippen molar-refractivity contribution in [2.75, 3.05) is 19.9 Å². The van der Waals surface area contributed by atoms with Crippen molar-refractivity contribution in [3.8, 4) is 16.9 Å². The monoisotopic (exact) mass is 552 g/mol. The zero-order chi connectivity index (χ0) is 26.8. The zero-order valence-electron chi connectivity index (χ0n) is 21.3. The Labute approximate surface area is 230 Å². The van der Waals surface area contributed by atoms with Crippen LogP contribution in [0.5, 0.6) is 5.75 Å². The van der Waals surface area contributed by atoms with Crippen molar-refractivity contribution in [3.63, 3.8) is 0 Å². The van der Waals surface area contributed by atoms with Crippen molar-refractivity contribution < 1.29 is 13.9 Å². The predicted octanol–water partition coefficient (Wildman–Crippen LogP) is 6.52. The Kier molecular flexibility index (Phi) is 7.83. The minimum Gasteiger partial charge on any atom is -0.496 e. The predicted molar refractivity (Wildman–Crippen MR) is 152 cm³/mol. The molecular formula is C29H30ClFN4O2S. The van der Waals surface area contributed by atoms with Gasteiger partial charge in [-0.25, -0.2) is 9.37 Å². The number of carbonyl (C=O) groups is 1. The average molecular weight is 553 g/mol. The molecule has 1 saturated carbocycles. The summed E-state index contributed by atoms with van der Waals surface area (Å²) >= 11 is 7.88. The van der Waals surface area contributed by atoms with Crippen LogP contribution in [0.25, 0.3) is 21.2 Å². The molecule has 0 saturated heterocycles. The average Bonchev–Trinajstić information content (AvgIpc) is 3.29. The van der Waals surface area contributed by atoms with E-state index in [0.717, 1.165) is 42.4 Å². The van der Waals surface area contributed by atoms with Crippen LogP contribution >= 0.6 is 22.9 Å². The summed E-state index contributed by atoms with van der Waals surface area (Å²) in [4.78, 5) is 20.6. The molecule has 1 amide bonds. The van der Waals surface area contributed by atoms with E-state index in [0.29, 0.717) is 39.1 Å². The van der Waals surface area contributed by atoms with Gasteiger partial charge in [-0.1, -0.05) is 23.7 Å². The Hall–Kier alpha value is -3.20. The Balaban J connectivity index is 1.54. The molecule has 1 aliphatic carbocycles. The molecule has 1 fully saturated rings. The number of nitrogen functional groups attached to an aromatic ring is 1. The van der Waals surface area contributed by atoms with Gasteiger partial charge < -0.3 is 20.7 Å². The molecule has 38 heavy (non-hydrogen) atoms.